The molecule has 0 aliphatic carbocycles. The van der Waals surface area contributed by atoms with Gasteiger partial charge in [0.1, 0.15) is 0 Å². The van der Waals surface area contributed by atoms with Gasteiger partial charge in [-0.15, -0.1) is 0 Å². The molecule has 0 fully saturated rings. The van der Waals surface area contributed by atoms with Crippen LogP contribution in [0.4, 0.5) is 5.69 Å². The Balaban J connectivity index is 1.90. The highest BCUT2D eigenvalue weighted by Crippen LogP contribution is 2.27. The van der Waals surface area contributed by atoms with Crippen LogP contribution in [0.25, 0.3) is 0 Å². The Morgan fingerprint density at radius 1 is 1.47 bits per heavy atom. The van der Waals surface area contributed by atoms with E-state index in [1.807, 2.05) is 6.92 Å². The van der Waals surface area contributed by atoms with E-state index in [-0.39, 0.29) is 6.61 Å². The van der Waals surface area contributed by atoms with Crippen LogP contribution in [0, 0.1) is 5.92 Å². The quantitative estimate of drug-likeness (QED) is 0.808. The van der Waals surface area contributed by atoms with E-state index in [0.717, 1.165) is 26.1 Å². The second-order valence-electron chi connectivity index (χ2n) is 5.05. The SMILES string of the molecule is CC(CO)CNCc1ccc2c(c1)CCN2C. The van der Waals surface area contributed by atoms with Gasteiger partial charge in [-0.05, 0) is 29.5 Å². The van der Waals surface area contributed by atoms with Crippen molar-refractivity contribution in [2.75, 3.05) is 31.6 Å². The summed E-state index contributed by atoms with van der Waals surface area (Å²) in [5.74, 6) is 0.329. The van der Waals surface area contributed by atoms with Gasteiger partial charge >= 0.3 is 0 Å². The summed E-state index contributed by atoms with van der Waals surface area (Å²) < 4.78 is 0. The van der Waals surface area contributed by atoms with Crippen LogP contribution in [0.1, 0.15) is 18.1 Å². The summed E-state index contributed by atoms with van der Waals surface area (Å²) in [6, 6.07) is 6.71. The number of aliphatic hydroxyl groups is 1. The smallest absolute Gasteiger partial charge is 0.0468 e. The molecule has 1 aromatic carbocycles. The van der Waals surface area contributed by atoms with Gasteiger partial charge in [0.25, 0.3) is 0 Å². The summed E-state index contributed by atoms with van der Waals surface area (Å²) in [4.78, 5) is 2.31. The number of aliphatic hydroxyl groups excluding tert-OH is 1. The second kappa shape index (κ2) is 5.52. The van der Waals surface area contributed by atoms with Crippen LogP contribution in [-0.2, 0) is 13.0 Å². The number of benzene rings is 1. The van der Waals surface area contributed by atoms with Crippen LogP contribution in [-0.4, -0.2) is 31.9 Å². The monoisotopic (exact) mass is 234 g/mol. The maximum atomic E-state index is 8.94. The first kappa shape index (κ1) is 12.4. The van der Waals surface area contributed by atoms with Crippen molar-refractivity contribution in [3.63, 3.8) is 0 Å². The van der Waals surface area contributed by atoms with Crippen molar-refractivity contribution >= 4 is 5.69 Å². The van der Waals surface area contributed by atoms with E-state index in [9.17, 15) is 0 Å². The lowest BCUT2D eigenvalue weighted by atomic mass is 10.1. The van der Waals surface area contributed by atoms with Gasteiger partial charge in [0.2, 0.25) is 0 Å². The minimum absolute atomic E-state index is 0.252. The zero-order valence-electron chi connectivity index (χ0n) is 10.7. The molecule has 1 aromatic rings. The molecular formula is C14H22N2O. The van der Waals surface area contributed by atoms with Crippen molar-refractivity contribution in [3.05, 3.63) is 29.3 Å². The van der Waals surface area contributed by atoms with Crippen LogP contribution in [0.5, 0.6) is 0 Å². The van der Waals surface area contributed by atoms with E-state index in [1.54, 1.807) is 0 Å². The van der Waals surface area contributed by atoms with Crippen molar-refractivity contribution in [2.45, 2.75) is 19.9 Å². The Hall–Kier alpha value is -1.06. The molecule has 0 aromatic heterocycles. The molecule has 0 spiro atoms. The number of hydrogen-bond donors (Lipinski definition) is 2. The number of nitrogens with zero attached hydrogens (tertiary/aromatic N) is 1. The first-order valence-corrected chi connectivity index (χ1v) is 6.35. The van der Waals surface area contributed by atoms with Gasteiger partial charge in [-0.2, -0.15) is 0 Å². The number of rotatable bonds is 5. The Bertz CT molecular complexity index is 378. The highest BCUT2D eigenvalue weighted by molar-refractivity contribution is 5.58. The topological polar surface area (TPSA) is 35.5 Å². The molecule has 1 atom stereocenters. The molecule has 1 heterocycles. The minimum Gasteiger partial charge on any atom is -0.396 e. The largest absolute Gasteiger partial charge is 0.396 e. The predicted molar refractivity (Wildman–Crippen MR) is 71.4 cm³/mol. The van der Waals surface area contributed by atoms with Crippen molar-refractivity contribution in [2.24, 2.45) is 5.92 Å². The third kappa shape index (κ3) is 2.99. The first-order valence-electron chi connectivity index (χ1n) is 6.35. The van der Waals surface area contributed by atoms with E-state index >= 15 is 0 Å². The molecule has 0 saturated heterocycles. The third-order valence-corrected chi connectivity index (χ3v) is 3.41. The first-order chi connectivity index (χ1) is 8.20. The van der Waals surface area contributed by atoms with E-state index in [0.29, 0.717) is 5.92 Å². The predicted octanol–water partition coefficient (Wildman–Crippen LogP) is 1.40. The standard InChI is InChI=1S/C14H22N2O/c1-11(10-17)8-15-9-12-3-4-14-13(7-12)5-6-16(14)2/h3-4,7,11,15,17H,5-6,8-10H2,1-2H3. The van der Waals surface area contributed by atoms with E-state index in [1.165, 1.54) is 16.8 Å². The van der Waals surface area contributed by atoms with Gasteiger partial charge in [0, 0.05) is 39.0 Å². The Labute approximate surface area is 103 Å². The molecule has 0 amide bonds. The van der Waals surface area contributed by atoms with Crippen molar-refractivity contribution in [3.8, 4) is 0 Å². The minimum atomic E-state index is 0.252. The molecule has 1 aliphatic rings. The number of likely N-dealkylation sites (N-methyl/N-ethyl adjacent to an activating group) is 1. The van der Waals surface area contributed by atoms with Crippen LogP contribution in [0.3, 0.4) is 0 Å². The summed E-state index contributed by atoms with van der Waals surface area (Å²) in [6.45, 7) is 5.19. The van der Waals surface area contributed by atoms with E-state index in [2.05, 4.69) is 35.5 Å². The molecule has 1 unspecified atom stereocenters. The van der Waals surface area contributed by atoms with Crippen LogP contribution < -0.4 is 10.2 Å². The number of anilines is 1. The Morgan fingerprint density at radius 2 is 2.29 bits per heavy atom. The molecular weight excluding hydrogens is 212 g/mol. The van der Waals surface area contributed by atoms with Gasteiger partial charge < -0.3 is 15.3 Å². The van der Waals surface area contributed by atoms with Gasteiger partial charge in [0.05, 0.1) is 0 Å². The van der Waals surface area contributed by atoms with Crippen molar-refractivity contribution in [1.29, 1.82) is 0 Å². The fraction of sp³-hybridized carbons (Fsp3) is 0.571. The number of nitrogens with one attached hydrogen (secondary N) is 1. The second-order valence-corrected chi connectivity index (χ2v) is 5.05. The maximum absolute atomic E-state index is 8.94. The average molecular weight is 234 g/mol. The number of fused-ring (bicyclic) bond motifs is 1. The van der Waals surface area contributed by atoms with Gasteiger partial charge in [-0.1, -0.05) is 19.1 Å². The molecule has 3 nitrogen and oxygen atoms in total. The lowest BCUT2D eigenvalue weighted by Crippen LogP contribution is -2.22. The molecule has 1 aliphatic heterocycles. The molecule has 17 heavy (non-hydrogen) atoms. The zero-order chi connectivity index (χ0) is 12.3. The summed E-state index contributed by atoms with van der Waals surface area (Å²) in [7, 11) is 2.15. The van der Waals surface area contributed by atoms with Crippen LogP contribution in [0.2, 0.25) is 0 Å². The highest BCUT2D eigenvalue weighted by atomic mass is 16.3. The van der Waals surface area contributed by atoms with Crippen molar-refractivity contribution < 1.29 is 5.11 Å². The lowest BCUT2D eigenvalue weighted by molar-refractivity contribution is 0.233. The van der Waals surface area contributed by atoms with Gasteiger partial charge in [-0.25, -0.2) is 0 Å². The summed E-state index contributed by atoms with van der Waals surface area (Å²) in [6.07, 6.45) is 1.16. The molecule has 0 bridgehead atoms. The van der Waals surface area contributed by atoms with E-state index < -0.39 is 0 Å². The average Bonchev–Trinajstić information content (AvgIpc) is 2.70. The molecule has 0 saturated carbocycles. The van der Waals surface area contributed by atoms with Crippen molar-refractivity contribution in [1.82, 2.24) is 5.32 Å². The highest BCUT2D eigenvalue weighted by Gasteiger charge is 2.15. The number of hydrogen-bond acceptors (Lipinski definition) is 3. The van der Waals surface area contributed by atoms with E-state index in [4.69, 9.17) is 5.11 Å². The molecule has 2 N–H and O–H groups in total. The van der Waals surface area contributed by atoms with Gasteiger partial charge in [0.15, 0.2) is 0 Å². The normalized spacial score (nSPS) is 16.1. The van der Waals surface area contributed by atoms with Gasteiger partial charge in [-0.3, -0.25) is 0 Å². The lowest BCUT2D eigenvalue weighted by Gasteiger charge is -2.13. The zero-order valence-corrected chi connectivity index (χ0v) is 10.7. The summed E-state index contributed by atoms with van der Waals surface area (Å²) >= 11 is 0. The van der Waals surface area contributed by atoms with Crippen LogP contribution >= 0.6 is 0 Å². The Morgan fingerprint density at radius 3 is 3.06 bits per heavy atom. The summed E-state index contributed by atoms with van der Waals surface area (Å²) in [5.41, 5.74) is 4.17. The molecule has 0 radical (unpaired) electrons. The fourth-order valence-electron chi connectivity index (χ4n) is 2.26. The van der Waals surface area contributed by atoms with Crippen LogP contribution in [0.15, 0.2) is 18.2 Å². The summed E-state index contributed by atoms with van der Waals surface area (Å²) in [5, 5.41) is 12.3. The third-order valence-electron chi connectivity index (χ3n) is 3.41. The fourth-order valence-corrected chi connectivity index (χ4v) is 2.26. The molecule has 2 rings (SSSR count). The maximum Gasteiger partial charge on any atom is 0.0468 e. The Kier molecular flexibility index (Phi) is 4.02. The molecule has 94 valence electrons. The molecule has 3 heteroatoms.